The molecule has 19 heteroatoms. The van der Waals surface area contributed by atoms with Crippen molar-refractivity contribution in [2.24, 2.45) is 16.7 Å². The second-order valence-corrected chi connectivity index (χ2v) is 20.8. The average molecular weight is 1080 g/mol. The maximum atomic E-state index is 14.8. The summed E-state index contributed by atoms with van der Waals surface area (Å²) in [6, 6.07) is 15.7. The predicted octanol–water partition coefficient (Wildman–Crippen LogP) is 7.38. The minimum Gasteiger partial charge on any atom is -0.464 e. The summed E-state index contributed by atoms with van der Waals surface area (Å²) in [6.45, 7) is 19.3. The molecule has 400 valence electrons. The standard InChI is InChI=1S/C54H70N8O7.4H2S/c1-10-45(63)60-31-54(32-60)21-25-59(26-22-54)52(67)58(8)47(34(3)4)49(64)56-43-28-36-15-12-16-37(27-36)38-19-20-44-40(29-38)41(48(61(44)11-2)39-17-13-23-55-46(39)35(5)68-9)30-53(6,7)33-69-51(66)42-18-14-24-62(57-42)50(43)65;;;;/h10,12-13,15-17,19-20,23,27,29,34-35,42-43,47,57H,1,11,14,18,21-22,24-26,28,30-33H2,2-9H3,(H,56,64);4*1H2/t35-,42-,43-,47-;;;;/m0..../s1. The molecule has 6 heterocycles. The van der Waals surface area contributed by atoms with Gasteiger partial charge >= 0.3 is 12.0 Å². The van der Waals surface area contributed by atoms with Crippen LogP contribution < -0.4 is 10.7 Å². The van der Waals surface area contributed by atoms with Gasteiger partial charge in [0.2, 0.25) is 11.8 Å². The number of rotatable bonds is 9. The van der Waals surface area contributed by atoms with E-state index in [1.807, 2.05) is 39.0 Å². The number of likely N-dealkylation sites (tertiary alicyclic amines) is 2. The summed E-state index contributed by atoms with van der Waals surface area (Å²) < 4.78 is 14.3. The third-order valence-corrected chi connectivity index (χ3v) is 14.9. The van der Waals surface area contributed by atoms with E-state index in [4.69, 9.17) is 14.5 Å². The number of ether oxygens (including phenoxy) is 2. The lowest BCUT2D eigenvalue weighted by atomic mass is 9.72. The number of piperidine rings is 1. The van der Waals surface area contributed by atoms with E-state index < -0.39 is 35.4 Å². The molecular weight excluding hydrogens is 1000 g/mol. The molecule has 4 aromatic rings. The predicted molar refractivity (Wildman–Crippen MR) is 307 cm³/mol. The van der Waals surface area contributed by atoms with Crippen molar-refractivity contribution >= 4 is 94.6 Å². The molecule has 4 atom stereocenters. The zero-order valence-corrected chi connectivity index (χ0v) is 47.7. The molecule has 0 aliphatic carbocycles. The summed E-state index contributed by atoms with van der Waals surface area (Å²) in [4.78, 5) is 79.6. The zero-order chi connectivity index (χ0) is 49.4. The summed E-state index contributed by atoms with van der Waals surface area (Å²) in [5.41, 5.74) is 10.5. The van der Waals surface area contributed by atoms with Crippen molar-refractivity contribution in [3.8, 4) is 22.4 Å². The number of fused-ring (bicyclic) bond motifs is 6. The molecule has 0 saturated carbocycles. The Hall–Kier alpha value is -4.66. The number of urea groups is 1. The largest absolute Gasteiger partial charge is 0.464 e. The van der Waals surface area contributed by atoms with E-state index in [1.54, 1.807) is 30.2 Å². The molecule has 8 rings (SSSR count). The summed E-state index contributed by atoms with van der Waals surface area (Å²) in [5.74, 6) is -1.63. The van der Waals surface area contributed by atoms with E-state index in [-0.39, 0.29) is 102 Å². The summed E-state index contributed by atoms with van der Waals surface area (Å²) in [7, 11) is 3.34. The van der Waals surface area contributed by atoms with Crippen LogP contribution in [0, 0.1) is 16.7 Å². The number of benzene rings is 2. The summed E-state index contributed by atoms with van der Waals surface area (Å²) >= 11 is 0. The molecule has 4 aliphatic rings. The van der Waals surface area contributed by atoms with Crippen LogP contribution in [0.15, 0.2) is 73.4 Å². The van der Waals surface area contributed by atoms with Gasteiger partial charge in [0.15, 0.2) is 0 Å². The quantitative estimate of drug-likeness (QED) is 0.129. The van der Waals surface area contributed by atoms with Gasteiger partial charge in [-0.25, -0.2) is 10.2 Å². The molecule has 0 radical (unpaired) electrons. The van der Waals surface area contributed by atoms with E-state index >= 15 is 0 Å². The first-order chi connectivity index (χ1) is 33.0. The van der Waals surface area contributed by atoms with Crippen LogP contribution in [0.3, 0.4) is 0 Å². The van der Waals surface area contributed by atoms with E-state index in [0.717, 1.165) is 62.9 Å². The molecule has 2 N–H and O–H groups in total. The monoisotopic (exact) mass is 1080 g/mol. The first-order valence-electron chi connectivity index (χ1n) is 24.7. The smallest absolute Gasteiger partial charge is 0.324 e. The number of amides is 5. The van der Waals surface area contributed by atoms with Crippen molar-refractivity contribution in [2.45, 2.75) is 111 Å². The number of cyclic esters (lactones) is 1. The Morgan fingerprint density at radius 1 is 0.973 bits per heavy atom. The number of aromatic nitrogens is 2. The lowest BCUT2D eigenvalue weighted by molar-refractivity contribution is -0.155. The van der Waals surface area contributed by atoms with Gasteiger partial charge in [-0.05, 0) is 104 Å². The zero-order valence-electron chi connectivity index (χ0n) is 43.7. The van der Waals surface area contributed by atoms with E-state index in [1.165, 1.54) is 16.0 Å². The molecule has 15 nitrogen and oxygen atoms in total. The third-order valence-electron chi connectivity index (χ3n) is 14.9. The average Bonchev–Trinajstić information content (AvgIpc) is 3.64. The molecule has 2 aromatic heterocycles. The maximum absolute atomic E-state index is 14.8. The van der Waals surface area contributed by atoms with Gasteiger partial charge in [0.25, 0.3) is 5.91 Å². The Kier molecular flexibility index (Phi) is 21.1. The number of hydrogen-bond donors (Lipinski definition) is 2. The van der Waals surface area contributed by atoms with Gasteiger partial charge < -0.3 is 34.1 Å². The number of likely N-dealkylation sites (N-methyl/N-ethyl adjacent to an activating group) is 1. The van der Waals surface area contributed by atoms with Crippen molar-refractivity contribution in [2.75, 3.05) is 53.5 Å². The summed E-state index contributed by atoms with van der Waals surface area (Å²) in [5, 5.41) is 5.64. The molecule has 2 aromatic carbocycles. The molecule has 4 aliphatic heterocycles. The number of pyridine rings is 1. The number of nitrogens with zero attached hydrogens (tertiary/aromatic N) is 6. The maximum Gasteiger partial charge on any atom is 0.324 e. The van der Waals surface area contributed by atoms with Crippen LogP contribution in [-0.2, 0) is 48.0 Å². The fraction of sp³-hybridized carbons (Fsp3) is 0.519. The highest BCUT2D eigenvalue weighted by atomic mass is 32.1. The Bertz CT molecular complexity index is 2630. The van der Waals surface area contributed by atoms with Crippen molar-refractivity contribution < 1.29 is 33.4 Å². The van der Waals surface area contributed by atoms with E-state index in [2.05, 4.69) is 79.1 Å². The van der Waals surface area contributed by atoms with Crippen molar-refractivity contribution in [3.63, 3.8) is 0 Å². The molecule has 3 fully saturated rings. The van der Waals surface area contributed by atoms with Gasteiger partial charge in [-0.3, -0.25) is 29.2 Å². The Labute approximate surface area is 459 Å². The Balaban J connectivity index is 0.00000289. The van der Waals surface area contributed by atoms with Crippen LogP contribution in [0.2, 0.25) is 0 Å². The molecule has 1 spiro atoms. The van der Waals surface area contributed by atoms with Gasteiger partial charge in [0.1, 0.15) is 18.1 Å². The SMILES string of the molecule is C=CC(=O)N1CC2(CCN(C(=O)N(C)[C@H](C(=O)N[C@H]3Cc4cccc(c4)-c4ccc5c(c4)c(c(-c4cccnc4[C@H](C)OC)n5CC)CC(C)(C)COC(=O)[C@@H]4CCCN(N4)C3=O)C(C)C)CC2)C1.S.S.S.S. The molecule has 5 amide bonds. The van der Waals surface area contributed by atoms with Crippen molar-refractivity contribution in [3.05, 3.63) is 90.3 Å². The number of hydrogen-bond acceptors (Lipinski definition) is 9. The minimum atomic E-state index is -1.04. The van der Waals surface area contributed by atoms with Gasteiger partial charge in [-0.15, -0.1) is 0 Å². The lowest BCUT2D eigenvalue weighted by Crippen LogP contribution is -2.64. The van der Waals surface area contributed by atoms with Crippen LogP contribution >= 0.6 is 54.0 Å². The number of hydrazine groups is 1. The van der Waals surface area contributed by atoms with Crippen LogP contribution in [0.25, 0.3) is 33.3 Å². The molecule has 73 heavy (non-hydrogen) atoms. The first-order valence-corrected chi connectivity index (χ1v) is 24.7. The minimum absolute atomic E-state index is 0. The number of carbonyl (C=O) groups excluding carboxylic acids is 5. The molecular formula is C54H78N8O7S4. The fourth-order valence-corrected chi connectivity index (χ4v) is 11.0. The molecule has 3 saturated heterocycles. The van der Waals surface area contributed by atoms with Crippen molar-refractivity contribution in [1.29, 1.82) is 0 Å². The third kappa shape index (κ3) is 12.7. The van der Waals surface area contributed by atoms with E-state index in [9.17, 15) is 24.0 Å². The number of nitrogens with one attached hydrogen (secondary N) is 2. The number of aryl methyl sites for hydroxylation is 1. The fourth-order valence-electron chi connectivity index (χ4n) is 11.0. The van der Waals surface area contributed by atoms with Gasteiger partial charge in [-0.2, -0.15) is 54.0 Å². The molecule has 6 bridgehead atoms. The van der Waals surface area contributed by atoms with Crippen molar-refractivity contribution in [1.82, 2.24) is 40.0 Å². The van der Waals surface area contributed by atoms with Crippen LogP contribution in [0.5, 0.6) is 0 Å². The van der Waals surface area contributed by atoms with Gasteiger partial charge in [0, 0.05) is 93.3 Å². The highest BCUT2D eigenvalue weighted by Gasteiger charge is 2.47. The number of esters is 1. The highest BCUT2D eigenvalue weighted by Crippen LogP contribution is 2.43. The number of carbonyl (C=O) groups is 5. The second kappa shape index (κ2) is 25.2. The highest BCUT2D eigenvalue weighted by molar-refractivity contribution is 7.59. The topological polar surface area (TPSA) is 159 Å². The van der Waals surface area contributed by atoms with Gasteiger partial charge in [-0.1, -0.05) is 64.6 Å². The summed E-state index contributed by atoms with van der Waals surface area (Å²) in [6.07, 6.45) is 6.20. The van der Waals surface area contributed by atoms with Gasteiger partial charge in [0.05, 0.1) is 24.1 Å². The Morgan fingerprint density at radius 3 is 2.33 bits per heavy atom. The van der Waals surface area contributed by atoms with Crippen LogP contribution in [0.4, 0.5) is 4.79 Å². The normalized spacial score (nSPS) is 20.1. The van der Waals surface area contributed by atoms with Crippen LogP contribution in [0.1, 0.15) is 90.2 Å². The lowest BCUT2D eigenvalue weighted by Gasteiger charge is -2.54. The second-order valence-electron chi connectivity index (χ2n) is 20.8. The Morgan fingerprint density at radius 2 is 1.67 bits per heavy atom. The first kappa shape index (κ1) is 60.9. The van der Waals surface area contributed by atoms with E-state index in [0.29, 0.717) is 58.5 Å². The molecule has 0 unspecified atom stereocenters. The number of methoxy groups -OCH3 is 1. The van der Waals surface area contributed by atoms with Crippen LogP contribution in [-0.4, -0.2) is 131 Å².